The minimum Gasteiger partial charge on any atom is -0.368 e. The summed E-state index contributed by atoms with van der Waals surface area (Å²) in [7, 11) is 0. The Kier molecular flexibility index (Phi) is 5.76. The van der Waals surface area contributed by atoms with Gasteiger partial charge >= 0.3 is 0 Å². The molecular formula is C22H26N6O2. The van der Waals surface area contributed by atoms with Crippen molar-refractivity contribution < 1.29 is 9.53 Å². The second kappa shape index (κ2) is 8.62. The molecule has 3 aromatic heterocycles. The molecule has 1 aliphatic heterocycles. The van der Waals surface area contributed by atoms with Gasteiger partial charge in [-0.15, -0.1) is 0 Å². The van der Waals surface area contributed by atoms with E-state index in [0.29, 0.717) is 37.1 Å². The molecule has 3 aromatic rings. The molecule has 0 radical (unpaired) electrons. The third-order valence-corrected chi connectivity index (χ3v) is 5.04. The number of aryl methyl sites for hydroxylation is 1. The number of hydrogen-bond acceptors (Lipinski definition) is 6. The van der Waals surface area contributed by atoms with Gasteiger partial charge in [-0.1, -0.05) is 26.0 Å². The van der Waals surface area contributed by atoms with E-state index in [4.69, 9.17) is 4.74 Å². The Hall–Kier alpha value is -3.26. The molecule has 156 valence electrons. The highest BCUT2D eigenvalue weighted by Gasteiger charge is 2.28. The highest BCUT2D eigenvalue weighted by atomic mass is 16.5. The fourth-order valence-corrected chi connectivity index (χ4v) is 3.36. The Morgan fingerprint density at radius 1 is 1.20 bits per heavy atom. The smallest absolute Gasteiger partial charge is 0.274 e. The molecule has 8 nitrogen and oxygen atoms in total. The Bertz CT molecular complexity index is 1030. The van der Waals surface area contributed by atoms with Gasteiger partial charge in [-0.25, -0.2) is 9.97 Å². The second-order valence-electron chi connectivity index (χ2n) is 7.71. The summed E-state index contributed by atoms with van der Waals surface area (Å²) in [6, 6.07) is 13.3. The molecule has 30 heavy (non-hydrogen) atoms. The van der Waals surface area contributed by atoms with Crippen LogP contribution in [0.3, 0.4) is 0 Å². The quantitative estimate of drug-likeness (QED) is 0.672. The summed E-state index contributed by atoms with van der Waals surface area (Å²) >= 11 is 0. The van der Waals surface area contributed by atoms with Crippen LogP contribution >= 0.6 is 0 Å². The molecule has 1 aliphatic rings. The van der Waals surface area contributed by atoms with Crippen molar-refractivity contribution in [2.24, 2.45) is 0 Å². The van der Waals surface area contributed by atoms with Crippen LogP contribution in [-0.2, 0) is 4.74 Å². The number of nitrogens with zero attached hydrogens (tertiary/aromatic N) is 4. The average Bonchev–Trinajstić information content (AvgIpc) is 3.24. The van der Waals surface area contributed by atoms with Crippen molar-refractivity contribution in [1.82, 2.24) is 25.1 Å². The van der Waals surface area contributed by atoms with E-state index in [1.807, 2.05) is 49.4 Å². The van der Waals surface area contributed by atoms with Gasteiger partial charge in [-0.05, 0) is 43.2 Å². The van der Waals surface area contributed by atoms with Gasteiger partial charge in [-0.3, -0.25) is 9.89 Å². The predicted octanol–water partition coefficient (Wildman–Crippen LogP) is 3.59. The first-order chi connectivity index (χ1) is 14.5. The fraction of sp³-hybridized carbons (Fsp3) is 0.364. The first kappa shape index (κ1) is 20.0. The van der Waals surface area contributed by atoms with Crippen molar-refractivity contribution in [3.05, 3.63) is 65.2 Å². The van der Waals surface area contributed by atoms with Crippen LogP contribution in [0.4, 0.5) is 11.6 Å². The van der Waals surface area contributed by atoms with Gasteiger partial charge in [0, 0.05) is 17.9 Å². The van der Waals surface area contributed by atoms with E-state index in [-0.39, 0.29) is 12.0 Å². The molecule has 0 saturated carbocycles. The zero-order valence-electron chi connectivity index (χ0n) is 17.4. The number of ether oxygens (including phenoxy) is 1. The molecule has 0 bridgehead atoms. The summed E-state index contributed by atoms with van der Waals surface area (Å²) < 4.78 is 5.92. The third kappa shape index (κ3) is 4.49. The van der Waals surface area contributed by atoms with Crippen LogP contribution < -0.4 is 5.32 Å². The molecule has 0 spiro atoms. The molecule has 2 N–H and O–H groups in total. The van der Waals surface area contributed by atoms with E-state index in [9.17, 15) is 4.79 Å². The number of rotatable bonds is 5. The van der Waals surface area contributed by atoms with Crippen LogP contribution in [0.5, 0.6) is 0 Å². The van der Waals surface area contributed by atoms with Gasteiger partial charge in [0.1, 0.15) is 23.4 Å². The number of hydrogen-bond donors (Lipinski definition) is 2. The van der Waals surface area contributed by atoms with Gasteiger partial charge in [-0.2, -0.15) is 5.10 Å². The zero-order chi connectivity index (χ0) is 21.1. The lowest BCUT2D eigenvalue weighted by Gasteiger charge is -2.32. The number of nitrogens with one attached hydrogen (secondary N) is 2. The van der Waals surface area contributed by atoms with Crippen molar-refractivity contribution in [2.75, 3.05) is 25.0 Å². The third-order valence-electron chi connectivity index (χ3n) is 5.04. The largest absolute Gasteiger partial charge is 0.368 e. The summed E-state index contributed by atoms with van der Waals surface area (Å²) in [5.74, 6) is 1.62. The molecule has 4 heterocycles. The van der Waals surface area contributed by atoms with Gasteiger partial charge in [0.05, 0.1) is 18.8 Å². The molecule has 1 saturated heterocycles. The topological polar surface area (TPSA) is 96.0 Å². The number of anilines is 2. The monoisotopic (exact) mass is 406 g/mol. The lowest BCUT2D eigenvalue weighted by Crippen LogP contribution is -2.42. The average molecular weight is 406 g/mol. The molecular weight excluding hydrogens is 380 g/mol. The molecule has 1 fully saturated rings. The Labute approximate surface area is 175 Å². The SMILES string of the molecule is Cc1cccc(Nc2cccc([C@H]3CN(C(=O)c4cc(C(C)C)[nH]n4)CCO3)n2)n1. The summed E-state index contributed by atoms with van der Waals surface area (Å²) in [5.41, 5.74) is 3.09. The highest BCUT2D eigenvalue weighted by Crippen LogP contribution is 2.24. The van der Waals surface area contributed by atoms with E-state index in [1.54, 1.807) is 4.90 Å². The number of amides is 1. The molecule has 4 rings (SSSR count). The lowest BCUT2D eigenvalue weighted by atomic mass is 10.1. The van der Waals surface area contributed by atoms with E-state index >= 15 is 0 Å². The first-order valence-electron chi connectivity index (χ1n) is 10.1. The standard InChI is InChI=1S/C22H26N6O2/c1-14(2)17-12-18(27-26-17)22(29)28-10-11-30-19(13-28)16-7-5-9-21(24-16)25-20-8-4-6-15(3)23-20/h4-9,12,14,19H,10-11,13H2,1-3H3,(H,26,27)(H,23,24,25)/t19-/m1/s1. The van der Waals surface area contributed by atoms with Crippen LogP contribution in [0.25, 0.3) is 0 Å². The van der Waals surface area contributed by atoms with Gasteiger partial charge in [0.15, 0.2) is 0 Å². The van der Waals surface area contributed by atoms with E-state index in [2.05, 4.69) is 39.3 Å². The minimum atomic E-state index is -0.293. The van der Waals surface area contributed by atoms with E-state index in [0.717, 1.165) is 22.9 Å². The zero-order valence-corrected chi connectivity index (χ0v) is 17.4. The number of aromatic nitrogens is 4. The van der Waals surface area contributed by atoms with Crippen molar-refractivity contribution in [3.8, 4) is 0 Å². The van der Waals surface area contributed by atoms with Crippen LogP contribution in [0.15, 0.2) is 42.5 Å². The number of morpholine rings is 1. The number of H-pyrrole nitrogens is 1. The van der Waals surface area contributed by atoms with Crippen molar-refractivity contribution in [1.29, 1.82) is 0 Å². The first-order valence-corrected chi connectivity index (χ1v) is 10.1. The number of carbonyl (C=O) groups excluding carboxylic acids is 1. The maximum atomic E-state index is 12.9. The maximum Gasteiger partial charge on any atom is 0.274 e. The minimum absolute atomic E-state index is 0.0929. The van der Waals surface area contributed by atoms with Crippen molar-refractivity contribution in [2.45, 2.75) is 32.8 Å². The normalized spacial score (nSPS) is 16.7. The molecule has 1 atom stereocenters. The molecule has 0 aliphatic carbocycles. The highest BCUT2D eigenvalue weighted by molar-refractivity contribution is 5.92. The van der Waals surface area contributed by atoms with Gasteiger partial charge in [0.25, 0.3) is 5.91 Å². The van der Waals surface area contributed by atoms with E-state index in [1.165, 1.54) is 0 Å². The summed E-state index contributed by atoms with van der Waals surface area (Å²) in [5, 5.41) is 10.4. The molecule has 0 aromatic carbocycles. The number of aromatic amines is 1. The van der Waals surface area contributed by atoms with Crippen molar-refractivity contribution in [3.63, 3.8) is 0 Å². The number of carbonyl (C=O) groups is 1. The van der Waals surface area contributed by atoms with E-state index < -0.39 is 0 Å². The summed E-state index contributed by atoms with van der Waals surface area (Å²) in [6.07, 6.45) is -0.293. The summed E-state index contributed by atoms with van der Waals surface area (Å²) in [6.45, 7) is 7.49. The Morgan fingerprint density at radius 3 is 2.70 bits per heavy atom. The van der Waals surface area contributed by atoms with Crippen LogP contribution in [0.1, 0.15) is 53.4 Å². The second-order valence-corrected chi connectivity index (χ2v) is 7.71. The molecule has 1 amide bonds. The number of pyridine rings is 2. The fourth-order valence-electron chi connectivity index (χ4n) is 3.36. The van der Waals surface area contributed by atoms with Crippen LogP contribution in [0.2, 0.25) is 0 Å². The van der Waals surface area contributed by atoms with Gasteiger partial charge < -0.3 is 15.0 Å². The van der Waals surface area contributed by atoms with Crippen LogP contribution in [0, 0.1) is 6.92 Å². The Morgan fingerprint density at radius 2 is 1.97 bits per heavy atom. The lowest BCUT2D eigenvalue weighted by molar-refractivity contribution is -0.0248. The maximum absolute atomic E-state index is 12.9. The summed E-state index contributed by atoms with van der Waals surface area (Å²) in [4.78, 5) is 23.8. The van der Waals surface area contributed by atoms with Crippen molar-refractivity contribution >= 4 is 17.5 Å². The van der Waals surface area contributed by atoms with Crippen LogP contribution in [-0.4, -0.2) is 50.7 Å². The molecule has 8 heteroatoms. The van der Waals surface area contributed by atoms with Gasteiger partial charge in [0.2, 0.25) is 0 Å². The predicted molar refractivity (Wildman–Crippen MR) is 114 cm³/mol. The molecule has 0 unspecified atom stereocenters. The Balaban J connectivity index is 1.47.